The summed E-state index contributed by atoms with van der Waals surface area (Å²) >= 11 is 0. The van der Waals surface area contributed by atoms with Crippen molar-refractivity contribution in [2.45, 2.75) is 107 Å². The van der Waals surface area contributed by atoms with Crippen molar-refractivity contribution in [2.24, 2.45) is 23.3 Å². The average molecular weight is 804 g/mol. The largest absolute Gasteiger partial charge is 0.481 e. The lowest BCUT2D eigenvalue weighted by Crippen LogP contribution is -2.57. The Balaban J connectivity index is 1.63. The van der Waals surface area contributed by atoms with Crippen molar-refractivity contribution in [3.05, 3.63) is 35.9 Å². The third kappa shape index (κ3) is 17.6. The van der Waals surface area contributed by atoms with E-state index in [0.717, 1.165) is 5.56 Å². The Morgan fingerprint density at radius 1 is 0.702 bits per heavy atom. The van der Waals surface area contributed by atoms with Crippen LogP contribution in [0.25, 0.3) is 0 Å². The van der Waals surface area contributed by atoms with Crippen LogP contribution in [0.15, 0.2) is 30.3 Å². The first-order chi connectivity index (χ1) is 27.3. The van der Waals surface area contributed by atoms with Gasteiger partial charge in [0.25, 0.3) is 0 Å². The topological polar surface area (TPSA) is 316 Å². The zero-order valence-corrected chi connectivity index (χ0v) is 32.4. The molecule has 0 aliphatic carbocycles. The minimum atomic E-state index is -1.19. The average Bonchev–Trinajstić information content (AvgIpc) is 3.16. The molecule has 0 aromatic heterocycles. The molecule has 5 amide bonds. The van der Waals surface area contributed by atoms with Gasteiger partial charge in [-0.1, -0.05) is 30.3 Å². The Labute approximate surface area is 332 Å². The molecule has 19 nitrogen and oxygen atoms in total. The highest BCUT2D eigenvalue weighted by molar-refractivity contribution is 5.85. The van der Waals surface area contributed by atoms with Gasteiger partial charge in [-0.15, -0.1) is 0 Å². The third-order valence-corrected chi connectivity index (χ3v) is 10.2. The first kappa shape index (κ1) is 46.7. The third-order valence-electron chi connectivity index (χ3n) is 10.2. The van der Waals surface area contributed by atoms with E-state index in [0.29, 0.717) is 51.9 Å². The van der Waals surface area contributed by atoms with Gasteiger partial charge in [0.05, 0.1) is 30.9 Å². The van der Waals surface area contributed by atoms with E-state index in [2.05, 4.69) is 37.2 Å². The standard InChI is InChI=1S/C38H61N9O10/c39-12-4-7-24(43-33(50)18-27(22-48)46-37(56)28-20-41-13-10-30(28)40)16-34(51)47-31-11-14-42-21-29(31)38(57)45-26(15-23-5-2-1-3-6-23)17-32(49)44-25(19-36(54)55)8-9-35(52)53/h1-3,5-6,24-31,41-42,48H,4,7-22,39-40H2,(H,43,50)(H,44,49)(H,45,57)(H,46,56)(H,47,51)(H,52,53)(H,54,55)/t24-,25-,26-,27+,28+,29+,30+,31+/m0/s1. The van der Waals surface area contributed by atoms with Gasteiger partial charge >= 0.3 is 11.9 Å². The van der Waals surface area contributed by atoms with Crippen molar-refractivity contribution in [1.82, 2.24) is 37.2 Å². The molecule has 19 heteroatoms. The predicted molar refractivity (Wildman–Crippen MR) is 208 cm³/mol. The molecule has 0 spiro atoms. The predicted octanol–water partition coefficient (Wildman–Crippen LogP) is -2.56. The highest BCUT2D eigenvalue weighted by atomic mass is 16.4. The number of piperidine rings is 2. The number of aliphatic carboxylic acids is 2. The van der Waals surface area contributed by atoms with E-state index in [1.165, 1.54) is 0 Å². The molecule has 14 N–H and O–H groups in total. The number of hydrogen-bond acceptors (Lipinski definition) is 12. The number of rotatable bonds is 24. The molecule has 8 atom stereocenters. The molecule has 318 valence electrons. The fourth-order valence-corrected chi connectivity index (χ4v) is 7.16. The molecular weight excluding hydrogens is 742 g/mol. The number of carbonyl (C=O) groups excluding carboxylic acids is 5. The molecule has 0 radical (unpaired) electrons. The van der Waals surface area contributed by atoms with Crippen LogP contribution in [0, 0.1) is 11.8 Å². The maximum Gasteiger partial charge on any atom is 0.305 e. The SMILES string of the molecule is NCCC[C@@H](CC(=O)N[C@@H]1CCNC[C@H]1C(=O)N[C@H](CC(=O)N[C@@H](CCC(=O)O)CC(=O)O)Cc1ccccc1)NC(=O)C[C@H](CO)NC(=O)[C@@H]1CNCC[C@H]1N. The van der Waals surface area contributed by atoms with Crippen LogP contribution in [0.5, 0.6) is 0 Å². The number of aliphatic hydroxyl groups is 1. The van der Waals surface area contributed by atoms with E-state index >= 15 is 0 Å². The van der Waals surface area contributed by atoms with Crippen LogP contribution >= 0.6 is 0 Å². The molecule has 1 aromatic carbocycles. The minimum Gasteiger partial charge on any atom is -0.481 e. The molecule has 0 bridgehead atoms. The first-order valence-electron chi connectivity index (χ1n) is 19.7. The summed E-state index contributed by atoms with van der Waals surface area (Å²) in [6.07, 6.45) is 0.794. The molecule has 2 saturated heterocycles. The number of nitrogens with one attached hydrogen (secondary N) is 7. The number of carbonyl (C=O) groups is 7. The number of benzene rings is 1. The molecule has 0 unspecified atom stereocenters. The molecule has 2 aliphatic heterocycles. The van der Waals surface area contributed by atoms with Gasteiger partial charge in [0.15, 0.2) is 0 Å². The van der Waals surface area contributed by atoms with Gasteiger partial charge in [-0.25, -0.2) is 0 Å². The van der Waals surface area contributed by atoms with Crippen LogP contribution in [-0.4, -0.2) is 132 Å². The fraction of sp³-hybridized carbons (Fsp3) is 0.658. The molecule has 2 heterocycles. The highest BCUT2D eigenvalue weighted by Gasteiger charge is 2.35. The van der Waals surface area contributed by atoms with Gasteiger partial charge in [-0.2, -0.15) is 0 Å². The van der Waals surface area contributed by atoms with Crippen molar-refractivity contribution in [2.75, 3.05) is 39.3 Å². The van der Waals surface area contributed by atoms with E-state index in [-0.39, 0.29) is 57.0 Å². The summed E-state index contributed by atoms with van der Waals surface area (Å²) in [5, 5.41) is 48.6. The maximum absolute atomic E-state index is 13.8. The van der Waals surface area contributed by atoms with Crippen molar-refractivity contribution in [3.8, 4) is 0 Å². The van der Waals surface area contributed by atoms with Crippen LogP contribution in [0.2, 0.25) is 0 Å². The van der Waals surface area contributed by atoms with Gasteiger partial charge in [-0.05, 0) is 63.7 Å². The second kappa shape index (κ2) is 24.8. The smallest absolute Gasteiger partial charge is 0.305 e. The van der Waals surface area contributed by atoms with Gasteiger partial charge < -0.3 is 64.0 Å². The molecule has 3 rings (SSSR count). The van der Waals surface area contributed by atoms with Gasteiger partial charge in [0.2, 0.25) is 29.5 Å². The lowest BCUT2D eigenvalue weighted by molar-refractivity contribution is -0.140. The second-order valence-electron chi connectivity index (χ2n) is 14.9. The summed E-state index contributed by atoms with van der Waals surface area (Å²) in [5.74, 6) is -5.73. The molecule has 2 aliphatic rings. The van der Waals surface area contributed by atoms with E-state index in [9.17, 15) is 43.8 Å². The lowest BCUT2D eigenvalue weighted by atomic mass is 9.91. The fourth-order valence-electron chi connectivity index (χ4n) is 7.16. The molecule has 57 heavy (non-hydrogen) atoms. The monoisotopic (exact) mass is 803 g/mol. The van der Waals surface area contributed by atoms with Gasteiger partial charge in [0, 0.05) is 69.0 Å². The second-order valence-corrected chi connectivity index (χ2v) is 14.9. The zero-order valence-electron chi connectivity index (χ0n) is 32.4. The summed E-state index contributed by atoms with van der Waals surface area (Å²) in [5.41, 5.74) is 12.7. The van der Waals surface area contributed by atoms with Gasteiger partial charge in [0.1, 0.15) is 0 Å². The number of nitrogens with two attached hydrogens (primary N) is 2. The Hall–Kier alpha value is -4.69. The van der Waals surface area contributed by atoms with E-state index < -0.39 is 90.6 Å². The highest BCUT2D eigenvalue weighted by Crippen LogP contribution is 2.16. The van der Waals surface area contributed by atoms with Crippen molar-refractivity contribution in [3.63, 3.8) is 0 Å². The van der Waals surface area contributed by atoms with Gasteiger partial charge in [-0.3, -0.25) is 33.6 Å². The Bertz CT molecular complexity index is 1490. The molecular formula is C38H61N9O10. The van der Waals surface area contributed by atoms with E-state index in [1.54, 1.807) is 0 Å². The van der Waals surface area contributed by atoms with Crippen molar-refractivity contribution in [1.29, 1.82) is 0 Å². The summed E-state index contributed by atoms with van der Waals surface area (Å²) in [6.45, 7) is 1.70. The summed E-state index contributed by atoms with van der Waals surface area (Å²) in [7, 11) is 0. The van der Waals surface area contributed by atoms with E-state index in [4.69, 9.17) is 16.6 Å². The minimum absolute atomic E-state index is 0.0789. The zero-order chi connectivity index (χ0) is 41.7. The number of hydrogen-bond donors (Lipinski definition) is 12. The Morgan fingerprint density at radius 2 is 1.28 bits per heavy atom. The Morgan fingerprint density at radius 3 is 1.89 bits per heavy atom. The maximum atomic E-state index is 13.8. The summed E-state index contributed by atoms with van der Waals surface area (Å²) in [4.78, 5) is 88.8. The van der Waals surface area contributed by atoms with Crippen molar-refractivity contribution < 1.29 is 48.9 Å². The molecule has 1 aromatic rings. The molecule has 0 saturated carbocycles. The summed E-state index contributed by atoms with van der Waals surface area (Å²) in [6, 6.07) is 5.11. The Kier molecular flexibility index (Phi) is 20.3. The molecule has 2 fully saturated rings. The first-order valence-corrected chi connectivity index (χ1v) is 19.7. The van der Waals surface area contributed by atoms with Crippen LogP contribution in [0.1, 0.15) is 69.8 Å². The number of carboxylic acid groups (broad SMARTS) is 2. The van der Waals surface area contributed by atoms with Crippen LogP contribution in [0.4, 0.5) is 0 Å². The summed E-state index contributed by atoms with van der Waals surface area (Å²) < 4.78 is 0. The number of amides is 5. The van der Waals surface area contributed by atoms with E-state index in [1.807, 2.05) is 30.3 Å². The van der Waals surface area contributed by atoms with Crippen LogP contribution in [0.3, 0.4) is 0 Å². The normalized spacial score (nSPS) is 21.5. The quantitative estimate of drug-likeness (QED) is 0.0512. The van der Waals surface area contributed by atoms with Crippen LogP contribution in [-0.2, 0) is 40.0 Å². The van der Waals surface area contributed by atoms with Crippen LogP contribution < -0.4 is 48.7 Å². The van der Waals surface area contributed by atoms with Crippen molar-refractivity contribution >= 4 is 41.5 Å². The number of aliphatic hydroxyl groups excluding tert-OH is 1. The number of carboxylic acids is 2. The lowest BCUT2D eigenvalue weighted by Gasteiger charge is -2.33.